The first kappa shape index (κ1) is 12.9. The molecule has 2 heterocycles. The predicted molar refractivity (Wildman–Crippen MR) is 98.7 cm³/mol. The van der Waals surface area contributed by atoms with Crippen LogP contribution in [0.2, 0.25) is 0 Å². The number of aromatic nitrogens is 2. The van der Waals surface area contributed by atoms with Crippen LogP contribution in [0.4, 0.5) is 0 Å². The van der Waals surface area contributed by atoms with Gasteiger partial charge in [0.1, 0.15) is 0 Å². The van der Waals surface area contributed by atoms with E-state index in [-0.39, 0.29) is 0 Å². The number of rotatable bonds is 0. The highest BCUT2D eigenvalue weighted by molar-refractivity contribution is 5.91. The number of para-hydroxylation sites is 2. The highest BCUT2D eigenvalue weighted by Crippen LogP contribution is 2.56. The number of hydrogen-bond donors (Lipinski definition) is 0. The molecule has 2 nitrogen and oxygen atoms in total. The molecule has 24 heavy (non-hydrogen) atoms. The van der Waals surface area contributed by atoms with E-state index in [0.29, 0.717) is 11.8 Å². The molecule has 0 spiro atoms. The Labute approximate surface area is 141 Å². The van der Waals surface area contributed by atoms with Gasteiger partial charge in [-0.3, -0.25) is 0 Å². The molecule has 0 aliphatic heterocycles. The minimum Gasteiger partial charge on any atom is -0.347 e. The van der Waals surface area contributed by atoms with Gasteiger partial charge >= 0.3 is 0 Å². The molecular formula is C22H20N2. The van der Waals surface area contributed by atoms with Gasteiger partial charge in [-0.25, -0.2) is 0 Å². The Morgan fingerprint density at radius 2 is 1.08 bits per heavy atom. The molecular weight excluding hydrogens is 292 g/mol. The fourth-order valence-corrected chi connectivity index (χ4v) is 5.58. The van der Waals surface area contributed by atoms with E-state index in [1.807, 2.05) is 0 Å². The van der Waals surface area contributed by atoms with Crippen LogP contribution in [0, 0.1) is 0 Å². The Morgan fingerprint density at radius 1 is 0.667 bits per heavy atom. The van der Waals surface area contributed by atoms with Gasteiger partial charge in [-0.05, 0) is 47.9 Å². The zero-order valence-corrected chi connectivity index (χ0v) is 14.1. The van der Waals surface area contributed by atoms with Crippen LogP contribution < -0.4 is 0 Å². The summed E-state index contributed by atoms with van der Waals surface area (Å²) >= 11 is 0. The highest BCUT2D eigenvalue weighted by atomic mass is 15.0. The highest BCUT2D eigenvalue weighted by Gasteiger charge is 2.44. The Balaban J connectivity index is 1.62. The lowest BCUT2D eigenvalue weighted by atomic mass is 9.90. The van der Waals surface area contributed by atoms with Crippen LogP contribution in [-0.2, 0) is 26.9 Å². The summed E-state index contributed by atoms with van der Waals surface area (Å²) in [6.07, 6.45) is 2.37. The molecule has 0 saturated carbocycles. The molecule has 0 bridgehead atoms. The maximum absolute atomic E-state index is 2.44. The smallest absolute Gasteiger partial charge is 0.0482 e. The molecule has 2 heteroatoms. The van der Waals surface area contributed by atoms with Gasteiger partial charge in [0.05, 0.1) is 0 Å². The molecule has 118 valence electrons. The molecule has 2 aromatic carbocycles. The minimum atomic E-state index is 0.659. The van der Waals surface area contributed by atoms with E-state index < -0.39 is 0 Å². The van der Waals surface area contributed by atoms with Crippen LogP contribution in [-0.4, -0.2) is 9.13 Å². The van der Waals surface area contributed by atoms with Crippen molar-refractivity contribution in [2.75, 3.05) is 0 Å². The Bertz CT molecular complexity index is 1050. The van der Waals surface area contributed by atoms with Crippen molar-refractivity contribution in [2.45, 2.75) is 24.7 Å². The molecule has 0 saturated heterocycles. The monoisotopic (exact) mass is 312 g/mol. The number of benzene rings is 2. The van der Waals surface area contributed by atoms with E-state index in [4.69, 9.17) is 0 Å². The van der Waals surface area contributed by atoms with Crippen molar-refractivity contribution in [1.82, 2.24) is 9.13 Å². The molecule has 2 atom stereocenters. The van der Waals surface area contributed by atoms with Gasteiger partial charge in [0.25, 0.3) is 0 Å². The van der Waals surface area contributed by atoms with Crippen LogP contribution in [0.15, 0.2) is 48.5 Å². The average molecular weight is 312 g/mol. The number of hydrogen-bond acceptors (Lipinski definition) is 0. The second kappa shape index (κ2) is 4.13. The van der Waals surface area contributed by atoms with Gasteiger partial charge in [-0.15, -0.1) is 0 Å². The molecule has 0 fully saturated rings. The lowest BCUT2D eigenvalue weighted by Gasteiger charge is -2.13. The van der Waals surface area contributed by atoms with Crippen molar-refractivity contribution in [3.63, 3.8) is 0 Å². The van der Waals surface area contributed by atoms with E-state index in [0.717, 1.165) is 0 Å². The number of fused-ring (bicyclic) bond motifs is 9. The molecule has 2 aliphatic rings. The predicted octanol–water partition coefficient (Wildman–Crippen LogP) is 4.65. The standard InChI is InChI=1S/C22H20N2/c1-23-17-9-5-3-7-13(17)21-16-12-20-22(15(16)11-19(21)23)14-8-4-6-10-18(14)24(20)2/h3-10,15-16H,11-12H2,1-2H3/t15-,16-/m1/s1. The topological polar surface area (TPSA) is 9.86 Å². The van der Waals surface area contributed by atoms with Crippen LogP contribution in [0.25, 0.3) is 21.8 Å². The summed E-state index contributed by atoms with van der Waals surface area (Å²) in [4.78, 5) is 0. The Hall–Kier alpha value is -2.48. The average Bonchev–Trinajstić information content (AvgIpc) is 3.29. The first-order valence-corrected chi connectivity index (χ1v) is 8.88. The molecule has 4 aromatic rings. The van der Waals surface area contributed by atoms with Crippen LogP contribution in [0.3, 0.4) is 0 Å². The number of aryl methyl sites for hydroxylation is 2. The van der Waals surface area contributed by atoms with Crippen molar-refractivity contribution in [3.05, 3.63) is 71.0 Å². The van der Waals surface area contributed by atoms with Gasteiger partial charge in [0.15, 0.2) is 0 Å². The quantitative estimate of drug-likeness (QED) is 0.447. The van der Waals surface area contributed by atoms with Gasteiger partial charge in [-0.2, -0.15) is 0 Å². The molecule has 0 N–H and O–H groups in total. The third-order valence-corrected chi connectivity index (χ3v) is 6.60. The van der Waals surface area contributed by atoms with Gasteiger partial charge < -0.3 is 9.13 Å². The summed E-state index contributed by atoms with van der Waals surface area (Å²) in [5.41, 5.74) is 9.15. The maximum Gasteiger partial charge on any atom is 0.0482 e. The van der Waals surface area contributed by atoms with Crippen LogP contribution in [0.5, 0.6) is 0 Å². The molecule has 0 amide bonds. The second-order valence-electron chi connectivity index (χ2n) is 7.49. The summed E-state index contributed by atoms with van der Waals surface area (Å²) < 4.78 is 4.88. The lowest BCUT2D eigenvalue weighted by Crippen LogP contribution is -2.02. The van der Waals surface area contributed by atoms with Crippen LogP contribution >= 0.6 is 0 Å². The van der Waals surface area contributed by atoms with Crippen molar-refractivity contribution in [2.24, 2.45) is 14.1 Å². The third-order valence-electron chi connectivity index (χ3n) is 6.60. The van der Waals surface area contributed by atoms with E-state index in [1.54, 1.807) is 22.5 Å². The Morgan fingerprint density at radius 3 is 1.54 bits per heavy atom. The number of nitrogens with zero attached hydrogens (tertiary/aromatic N) is 2. The van der Waals surface area contributed by atoms with Crippen molar-refractivity contribution >= 4 is 21.8 Å². The Kier molecular flexibility index (Phi) is 2.22. The van der Waals surface area contributed by atoms with Crippen molar-refractivity contribution in [3.8, 4) is 0 Å². The lowest BCUT2D eigenvalue weighted by molar-refractivity contribution is 0.625. The normalized spacial score (nSPS) is 21.4. The molecule has 0 radical (unpaired) electrons. The van der Waals surface area contributed by atoms with E-state index in [1.165, 1.54) is 34.6 Å². The molecule has 6 rings (SSSR count). The minimum absolute atomic E-state index is 0.659. The van der Waals surface area contributed by atoms with Crippen LogP contribution in [0.1, 0.15) is 34.4 Å². The summed E-state index contributed by atoms with van der Waals surface area (Å²) in [6, 6.07) is 17.9. The van der Waals surface area contributed by atoms with E-state index >= 15 is 0 Å². The maximum atomic E-state index is 2.44. The summed E-state index contributed by atoms with van der Waals surface area (Å²) in [5.74, 6) is 1.32. The van der Waals surface area contributed by atoms with Gasteiger partial charge in [0.2, 0.25) is 0 Å². The molecule has 0 unspecified atom stereocenters. The molecule has 2 aliphatic carbocycles. The summed E-state index contributed by atoms with van der Waals surface area (Å²) in [7, 11) is 4.48. The zero-order chi connectivity index (χ0) is 16.0. The summed E-state index contributed by atoms with van der Waals surface area (Å²) in [5, 5.41) is 2.94. The first-order valence-electron chi connectivity index (χ1n) is 8.88. The van der Waals surface area contributed by atoms with E-state index in [2.05, 4.69) is 71.8 Å². The first-order chi connectivity index (χ1) is 11.8. The van der Waals surface area contributed by atoms with Gasteiger partial charge in [0, 0.05) is 47.3 Å². The van der Waals surface area contributed by atoms with Crippen molar-refractivity contribution < 1.29 is 0 Å². The SMILES string of the molecule is Cn1c2c(c3ccccc31)[C@@H]1Cc3c(c4ccccc4n3C)[C@@H]1C2. The summed E-state index contributed by atoms with van der Waals surface area (Å²) in [6.45, 7) is 0. The van der Waals surface area contributed by atoms with Crippen molar-refractivity contribution in [1.29, 1.82) is 0 Å². The second-order valence-corrected chi connectivity index (χ2v) is 7.49. The largest absolute Gasteiger partial charge is 0.347 e. The zero-order valence-electron chi connectivity index (χ0n) is 14.1. The fourth-order valence-electron chi connectivity index (χ4n) is 5.58. The van der Waals surface area contributed by atoms with E-state index in [9.17, 15) is 0 Å². The van der Waals surface area contributed by atoms with Gasteiger partial charge in [-0.1, -0.05) is 36.4 Å². The molecule has 2 aromatic heterocycles. The fraction of sp³-hybridized carbons (Fsp3) is 0.273. The third kappa shape index (κ3) is 1.31.